The van der Waals surface area contributed by atoms with E-state index in [1.807, 2.05) is 0 Å². The summed E-state index contributed by atoms with van der Waals surface area (Å²) in [6.45, 7) is 4.41. The average Bonchev–Trinajstić information content (AvgIpc) is 2.90. The first kappa shape index (κ1) is 13.8. The molecule has 3 nitrogen and oxygen atoms in total. The Hall–Kier alpha value is -0.570. The Labute approximate surface area is 134 Å². The van der Waals surface area contributed by atoms with Crippen LogP contribution in [0.3, 0.4) is 0 Å². The lowest BCUT2D eigenvalue weighted by Crippen LogP contribution is -2.52. The fourth-order valence-electron chi connectivity index (χ4n) is 7.03. The molecule has 1 spiro atoms. The first-order chi connectivity index (χ1) is 10.7. The van der Waals surface area contributed by atoms with Crippen LogP contribution in [-0.4, -0.2) is 37.0 Å². The maximum absolute atomic E-state index is 13.3. The van der Waals surface area contributed by atoms with E-state index in [2.05, 4.69) is 10.2 Å². The molecule has 2 saturated heterocycles. The Bertz CT molecular complexity index is 440. The first-order valence-electron chi connectivity index (χ1n) is 9.72. The second-order valence-corrected chi connectivity index (χ2v) is 9.22. The summed E-state index contributed by atoms with van der Waals surface area (Å²) in [6, 6.07) is 0. The van der Waals surface area contributed by atoms with Gasteiger partial charge in [0.1, 0.15) is 0 Å². The summed E-state index contributed by atoms with van der Waals surface area (Å²) in [4.78, 5) is 15.6. The number of likely N-dealkylation sites (tertiary alicyclic amines) is 1. The number of rotatable bonds is 1. The van der Waals surface area contributed by atoms with Crippen molar-refractivity contribution in [2.45, 2.75) is 51.4 Å². The largest absolute Gasteiger partial charge is 0.342 e. The van der Waals surface area contributed by atoms with Crippen LogP contribution in [0.4, 0.5) is 0 Å². The number of hydrogen-bond donors (Lipinski definition) is 1. The Morgan fingerprint density at radius 2 is 1.55 bits per heavy atom. The predicted molar refractivity (Wildman–Crippen MR) is 86.3 cm³/mol. The Morgan fingerprint density at radius 1 is 0.909 bits per heavy atom. The fourth-order valence-corrected chi connectivity index (χ4v) is 7.03. The number of nitrogens with one attached hydrogen (secondary N) is 1. The van der Waals surface area contributed by atoms with Crippen molar-refractivity contribution in [3.05, 3.63) is 0 Å². The number of hydrogen-bond acceptors (Lipinski definition) is 2. The molecule has 6 fully saturated rings. The molecular weight excluding hydrogens is 272 g/mol. The molecule has 2 aliphatic heterocycles. The van der Waals surface area contributed by atoms with Gasteiger partial charge in [0.2, 0.25) is 5.91 Å². The van der Waals surface area contributed by atoms with Crippen molar-refractivity contribution in [2.75, 3.05) is 26.2 Å². The van der Waals surface area contributed by atoms with E-state index in [1.165, 1.54) is 51.4 Å². The maximum Gasteiger partial charge on any atom is 0.226 e. The minimum absolute atomic E-state index is 0.407. The third-order valence-corrected chi connectivity index (χ3v) is 7.93. The molecule has 1 N–H and O–H groups in total. The van der Waals surface area contributed by atoms with Crippen LogP contribution >= 0.6 is 0 Å². The van der Waals surface area contributed by atoms with Crippen molar-refractivity contribution >= 4 is 5.91 Å². The molecule has 122 valence electrons. The van der Waals surface area contributed by atoms with Gasteiger partial charge in [0.15, 0.2) is 0 Å². The standard InChI is InChI=1S/C19H30N2O/c22-18(21-6-3-19(12-21)1-4-20-5-2-19)17-15-8-13-7-14(10-15)11-16(17)9-13/h13-17,20H,1-12H2. The van der Waals surface area contributed by atoms with Crippen LogP contribution in [0.1, 0.15) is 51.4 Å². The average molecular weight is 302 g/mol. The van der Waals surface area contributed by atoms with E-state index in [1.54, 1.807) is 0 Å². The van der Waals surface area contributed by atoms with Gasteiger partial charge in [0.25, 0.3) is 0 Å². The number of amides is 1. The summed E-state index contributed by atoms with van der Waals surface area (Å²) < 4.78 is 0. The summed E-state index contributed by atoms with van der Waals surface area (Å²) in [5.41, 5.74) is 0.465. The molecule has 4 saturated carbocycles. The fraction of sp³-hybridized carbons (Fsp3) is 0.947. The van der Waals surface area contributed by atoms with Crippen molar-refractivity contribution in [3.8, 4) is 0 Å². The molecule has 0 aromatic rings. The zero-order valence-electron chi connectivity index (χ0n) is 13.7. The molecular formula is C19H30N2O. The molecule has 0 aromatic heterocycles. The van der Waals surface area contributed by atoms with Gasteiger partial charge in [-0.3, -0.25) is 4.79 Å². The van der Waals surface area contributed by atoms with E-state index in [9.17, 15) is 4.79 Å². The first-order valence-corrected chi connectivity index (χ1v) is 9.72. The van der Waals surface area contributed by atoms with Crippen LogP contribution in [-0.2, 0) is 4.79 Å². The van der Waals surface area contributed by atoms with Gasteiger partial charge >= 0.3 is 0 Å². The van der Waals surface area contributed by atoms with Crippen LogP contribution in [0.2, 0.25) is 0 Å². The quantitative estimate of drug-likeness (QED) is 0.807. The molecule has 6 aliphatic rings. The summed E-state index contributed by atoms with van der Waals surface area (Å²) in [7, 11) is 0. The molecule has 22 heavy (non-hydrogen) atoms. The van der Waals surface area contributed by atoms with E-state index in [0.717, 1.165) is 49.9 Å². The molecule has 0 aromatic carbocycles. The molecule has 0 radical (unpaired) electrons. The summed E-state index contributed by atoms with van der Waals surface area (Å²) in [6.07, 6.45) is 10.8. The van der Waals surface area contributed by atoms with Gasteiger partial charge < -0.3 is 10.2 Å². The zero-order chi connectivity index (χ0) is 14.7. The third-order valence-electron chi connectivity index (χ3n) is 7.93. The van der Waals surface area contributed by atoms with Crippen molar-refractivity contribution < 1.29 is 4.79 Å². The predicted octanol–water partition coefficient (Wildman–Crippen LogP) is 2.66. The number of piperidine rings is 1. The normalized spacial score (nSPS) is 45.6. The molecule has 6 rings (SSSR count). The van der Waals surface area contributed by atoms with E-state index in [0.29, 0.717) is 17.2 Å². The maximum atomic E-state index is 13.3. The van der Waals surface area contributed by atoms with E-state index in [-0.39, 0.29) is 0 Å². The van der Waals surface area contributed by atoms with Crippen LogP contribution < -0.4 is 5.32 Å². The minimum Gasteiger partial charge on any atom is -0.342 e. The van der Waals surface area contributed by atoms with Gasteiger partial charge in [-0.15, -0.1) is 0 Å². The van der Waals surface area contributed by atoms with Crippen LogP contribution in [0.5, 0.6) is 0 Å². The molecule has 0 atom stereocenters. The van der Waals surface area contributed by atoms with E-state index in [4.69, 9.17) is 0 Å². The SMILES string of the molecule is O=C(C1C2CC3CC(C2)CC1C3)N1CCC2(CCNCC2)C1. The molecule has 4 bridgehead atoms. The van der Waals surface area contributed by atoms with Gasteiger partial charge in [0.05, 0.1) is 0 Å². The molecule has 1 amide bonds. The smallest absolute Gasteiger partial charge is 0.226 e. The van der Waals surface area contributed by atoms with Gasteiger partial charge in [-0.05, 0) is 93.5 Å². The Kier molecular flexibility index (Phi) is 3.12. The summed E-state index contributed by atoms with van der Waals surface area (Å²) >= 11 is 0. The summed E-state index contributed by atoms with van der Waals surface area (Å²) in [5, 5.41) is 3.48. The summed E-state index contributed by atoms with van der Waals surface area (Å²) in [5.74, 6) is 4.40. The van der Waals surface area contributed by atoms with E-state index < -0.39 is 0 Å². The lowest BCUT2D eigenvalue weighted by atomic mass is 9.51. The molecule has 0 unspecified atom stereocenters. The monoisotopic (exact) mass is 302 g/mol. The lowest BCUT2D eigenvalue weighted by molar-refractivity contribution is -0.148. The van der Waals surface area contributed by atoms with Crippen molar-refractivity contribution in [1.29, 1.82) is 0 Å². The highest BCUT2D eigenvalue weighted by Gasteiger charge is 2.52. The van der Waals surface area contributed by atoms with Gasteiger partial charge in [-0.25, -0.2) is 0 Å². The molecule has 3 heteroatoms. The van der Waals surface area contributed by atoms with Gasteiger partial charge in [0, 0.05) is 19.0 Å². The second kappa shape index (κ2) is 4.96. The van der Waals surface area contributed by atoms with Crippen LogP contribution in [0.15, 0.2) is 0 Å². The van der Waals surface area contributed by atoms with Gasteiger partial charge in [-0.2, -0.15) is 0 Å². The second-order valence-electron chi connectivity index (χ2n) is 9.22. The number of carbonyl (C=O) groups is 1. The number of nitrogens with zero attached hydrogens (tertiary/aromatic N) is 1. The molecule has 2 heterocycles. The lowest BCUT2D eigenvalue weighted by Gasteiger charge is -2.54. The highest BCUT2D eigenvalue weighted by molar-refractivity contribution is 5.80. The zero-order valence-corrected chi connectivity index (χ0v) is 13.7. The highest BCUT2D eigenvalue weighted by Crippen LogP contribution is 2.57. The van der Waals surface area contributed by atoms with Crippen LogP contribution in [0.25, 0.3) is 0 Å². The Morgan fingerprint density at radius 3 is 2.18 bits per heavy atom. The van der Waals surface area contributed by atoms with E-state index >= 15 is 0 Å². The van der Waals surface area contributed by atoms with Crippen molar-refractivity contribution in [2.24, 2.45) is 35.0 Å². The van der Waals surface area contributed by atoms with Gasteiger partial charge in [-0.1, -0.05) is 0 Å². The third kappa shape index (κ3) is 2.07. The molecule has 4 aliphatic carbocycles. The topological polar surface area (TPSA) is 32.3 Å². The van der Waals surface area contributed by atoms with Crippen molar-refractivity contribution in [1.82, 2.24) is 10.2 Å². The van der Waals surface area contributed by atoms with Crippen molar-refractivity contribution in [3.63, 3.8) is 0 Å². The Balaban J connectivity index is 1.31. The number of carbonyl (C=O) groups excluding carboxylic acids is 1. The highest BCUT2D eigenvalue weighted by atomic mass is 16.2. The van der Waals surface area contributed by atoms with Crippen LogP contribution in [0, 0.1) is 35.0 Å². The minimum atomic E-state index is 0.407.